The van der Waals surface area contributed by atoms with Gasteiger partial charge in [0, 0.05) is 5.56 Å². The number of aliphatic hydroxyl groups is 1. The number of nitrogens with zero attached hydrogens (tertiary/aromatic N) is 3. The molecule has 2 heterocycles. The number of anilines is 1. The highest BCUT2D eigenvalue weighted by Gasteiger charge is 2.14. The quantitative estimate of drug-likeness (QED) is 0.574. The van der Waals surface area contributed by atoms with Gasteiger partial charge in [0.1, 0.15) is 5.82 Å². The Bertz CT molecular complexity index is 1050. The second-order valence-corrected chi connectivity index (χ2v) is 6.87. The molecule has 0 fully saturated rings. The lowest BCUT2D eigenvalue weighted by molar-refractivity contribution is 0.249. The molecule has 0 bridgehead atoms. The van der Waals surface area contributed by atoms with Crippen LogP contribution in [0.3, 0.4) is 0 Å². The van der Waals surface area contributed by atoms with Crippen molar-refractivity contribution in [2.45, 2.75) is 19.9 Å². The van der Waals surface area contributed by atoms with Crippen LogP contribution < -0.4 is 5.32 Å². The van der Waals surface area contributed by atoms with Gasteiger partial charge in [-0.25, -0.2) is 9.50 Å². The third kappa shape index (κ3) is 3.02. The summed E-state index contributed by atoms with van der Waals surface area (Å²) in [5.74, 6) is 1.03. The monoisotopic (exact) mass is 346 g/mol. The molecular weight excluding hydrogens is 324 g/mol. The van der Waals surface area contributed by atoms with Gasteiger partial charge in [-0.15, -0.1) is 5.10 Å². The summed E-state index contributed by atoms with van der Waals surface area (Å²) in [5, 5.41) is 20.0. The number of aliphatic hydroxyl groups excluding tert-OH is 1. The van der Waals surface area contributed by atoms with Gasteiger partial charge in [0.25, 0.3) is 0 Å². The van der Waals surface area contributed by atoms with Crippen LogP contribution in [0.5, 0.6) is 0 Å². The van der Waals surface area contributed by atoms with Crippen molar-refractivity contribution < 1.29 is 5.11 Å². The van der Waals surface area contributed by atoms with Crippen LogP contribution in [0.1, 0.15) is 13.8 Å². The number of rotatable bonds is 5. The molecular formula is C21H22N4O. The van der Waals surface area contributed by atoms with Crippen molar-refractivity contribution in [2.75, 3.05) is 11.9 Å². The van der Waals surface area contributed by atoms with E-state index in [0.717, 1.165) is 22.7 Å². The maximum Gasteiger partial charge on any atom is 0.154 e. The van der Waals surface area contributed by atoms with Gasteiger partial charge < -0.3 is 10.4 Å². The number of benzene rings is 2. The molecule has 1 atom stereocenters. The van der Waals surface area contributed by atoms with Gasteiger partial charge in [-0.3, -0.25) is 0 Å². The molecule has 2 aromatic heterocycles. The van der Waals surface area contributed by atoms with Gasteiger partial charge >= 0.3 is 0 Å². The summed E-state index contributed by atoms with van der Waals surface area (Å²) in [7, 11) is 0. The van der Waals surface area contributed by atoms with Crippen LogP contribution >= 0.6 is 0 Å². The van der Waals surface area contributed by atoms with E-state index in [-0.39, 0.29) is 12.6 Å². The summed E-state index contributed by atoms with van der Waals surface area (Å²) in [6.45, 7) is 4.22. The molecule has 0 aliphatic rings. The zero-order valence-corrected chi connectivity index (χ0v) is 14.9. The first-order chi connectivity index (χ1) is 12.7. The largest absolute Gasteiger partial charge is 0.394 e. The smallest absolute Gasteiger partial charge is 0.154 e. The van der Waals surface area contributed by atoms with Gasteiger partial charge in [0.2, 0.25) is 0 Å². The molecule has 26 heavy (non-hydrogen) atoms. The van der Waals surface area contributed by atoms with E-state index in [9.17, 15) is 5.11 Å². The molecule has 0 saturated carbocycles. The molecule has 5 heteroatoms. The maximum atomic E-state index is 9.55. The van der Waals surface area contributed by atoms with E-state index in [1.54, 1.807) is 0 Å². The lowest BCUT2D eigenvalue weighted by atomic mass is 10.1. The molecule has 0 aliphatic carbocycles. The van der Waals surface area contributed by atoms with Crippen molar-refractivity contribution in [3.63, 3.8) is 0 Å². The number of hydrogen-bond donors (Lipinski definition) is 2. The number of aromatic nitrogens is 3. The first-order valence-electron chi connectivity index (χ1n) is 8.87. The Morgan fingerprint density at radius 2 is 1.85 bits per heavy atom. The van der Waals surface area contributed by atoms with Crippen LogP contribution in [0.15, 0.2) is 60.8 Å². The van der Waals surface area contributed by atoms with E-state index in [4.69, 9.17) is 5.10 Å². The first-order valence-corrected chi connectivity index (χ1v) is 8.87. The highest BCUT2D eigenvalue weighted by atomic mass is 16.3. The summed E-state index contributed by atoms with van der Waals surface area (Å²) >= 11 is 0. The van der Waals surface area contributed by atoms with Gasteiger partial charge in [-0.2, -0.15) is 0 Å². The van der Waals surface area contributed by atoms with E-state index < -0.39 is 0 Å². The van der Waals surface area contributed by atoms with Crippen LogP contribution in [0, 0.1) is 5.92 Å². The second-order valence-electron chi connectivity index (χ2n) is 6.87. The topological polar surface area (TPSA) is 62.5 Å². The van der Waals surface area contributed by atoms with Crippen molar-refractivity contribution in [3.8, 4) is 11.3 Å². The normalized spacial score (nSPS) is 12.8. The van der Waals surface area contributed by atoms with Crippen LogP contribution in [-0.4, -0.2) is 32.4 Å². The summed E-state index contributed by atoms with van der Waals surface area (Å²) in [5.41, 5.74) is 2.81. The standard InChI is InChI=1S/C21H22N4O/c1-14(2)18(13-26)23-20-9-10-21-22-12-19(25(21)24-20)17-8-7-15-5-3-4-6-16(15)11-17/h3-12,14,18,26H,13H2,1-2H3,(H,23,24)/t18-/m1/s1. The Labute approximate surface area is 152 Å². The molecule has 0 spiro atoms. The Morgan fingerprint density at radius 3 is 2.62 bits per heavy atom. The zero-order chi connectivity index (χ0) is 18.1. The van der Waals surface area contributed by atoms with E-state index in [1.165, 1.54) is 10.8 Å². The van der Waals surface area contributed by atoms with Crippen molar-refractivity contribution >= 4 is 22.2 Å². The molecule has 4 rings (SSSR count). The lowest BCUT2D eigenvalue weighted by Crippen LogP contribution is -2.30. The number of fused-ring (bicyclic) bond motifs is 2. The Kier molecular flexibility index (Phi) is 4.31. The third-order valence-electron chi connectivity index (χ3n) is 4.74. The van der Waals surface area contributed by atoms with Gasteiger partial charge in [0.15, 0.2) is 5.65 Å². The molecule has 0 saturated heterocycles. The molecule has 5 nitrogen and oxygen atoms in total. The second kappa shape index (κ2) is 6.77. The van der Waals surface area contributed by atoms with Gasteiger partial charge in [-0.1, -0.05) is 50.2 Å². The Morgan fingerprint density at radius 1 is 1.04 bits per heavy atom. The molecule has 132 valence electrons. The van der Waals surface area contributed by atoms with Gasteiger partial charge in [0.05, 0.1) is 24.5 Å². The van der Waals surface area contributed by atoms with E-state index in [2.05, 4.69) is 54.5 Å². The molecule has 0 amide bonds. The molecule has 0 unspecified atom stereocenters. The zero-order valence-electron chi connectivity index (χ0n) is 14.9. The number of nitrogens with one attached hydrogen (secondary N) is 1. The van der Waals surface area contributed by atoms with E-state index in [1.807, 2.05) is 35.0 Å². The van der Waals surface area contributed by atoms with Crippen molar-refractivity contribution in [1.82, 2.24) is 14.6 Å². The minimum Gasteiger partial charge on any atom is -0.394 e. The summed E-state index contributed by atoms with van der Waals surface area (Å²) in [6, 6.07) is 18.5. The van der Waals surface area contributed by atoms with Crippen molar-refractivity contribution in [2.24, 2.45) is 5.92 Å². The average molecular weight is 346 g/mol. The fourth-order valence-electron chi connectivity index (χ4n) is 3.11. The molecule has 0 radical (unpaired) electrons. The fraction of sp³-hybridized carbons (Fsp3) is 0.238. The highest BCUT2D eigenvalue weighted by Crippen LogP contribution is 2.25. The predicted octanol–water partition coefficient (Wildman–Crippen LogP) is 3.98. The molecule has 2 aromatic carbocycles. The minimum atomic E-state index is -0.0346. The van der Waals surface area contributed by atoms with Crippen molar-refractivity contribution in [3.05, 3.63) is 60.8 Å². The average Bonchev–Trinajstić information content (AvgIpc) is 3.08. The Balaban J connectivity index is 1.76. The first kappa shape index (κ1) is 16.5. The number of imidazole rings is 1. The molecule has 4 aromatic rings. The highest BCUT2D eigenvalue weighted by molar-refractivity contribution is 5.87. The Hall–Kier alpha value is -2.92. The molecule has 2 N–H and O–H groups in total. The van der Waals surface area contributed by atoms with Crippen LogP contribution in [0.4, 0.5) is 5.82 Å². The predicted molar refractivity (Wildman–Crippen MR) is 105 cm³/mol. The summed E-state index contributed by atoms with van der Waals surface area (Å²) < 4.78 is 1.85. The van der Waals surface area contributed by atoms with E-state index in [0.29, 0.717) is 5.92 Å². The maximum absolute atomic E-state index is 9.55. The summed E-state index contributed by atoms with van der Waals surface area (Å²) in [4.78, 5) is 4.47. The van der Waals surface area contributed by atoms with Crippen LogP contribution in [0.2, 0.25) is 0 Å². The SMILES string of the molecule is CC(C)[C@@H](CO)Nc1ccc2ncc(-c3ccc4ccccc4c3)n2n1. The van der Waals surface area contributed by atoms with E-state index >= 15 is 0 Å². The van der Waals surface area contributed by atoms with Crippen LogP contribution in [-0.2, 0) is 0 Å². The van der Waals surface area contributed by atoms with Crippen molar-refractivity contribution in [1.29, 1.82) is 0 Å². The molecule has 0 aliphatic heterocycles. The van der Waals surface area contributed by atoms with Gasteiger partial charge in [-0.05, 0) is 34.9 Å². The van der Waals surface area contributed by atoms with Crippen LogP contribution in [0.25, 0.3) is 27.7 Å². The third-order valence-corrected chi connectivity index (χ3v) is 4.74. The minimum absolute atomic E-state index is 0.0346. The fourth-order valence-corrected chi connectivity index (χ4v) is 3.11. The number of hydrogen-bond acceptors (Lipinski definition) is 4. The summed E-state index contributed by atoms with van der Waals surface area (Å²) in [6.07, 6.45) is 1.85. The lowest BCUT2D eigenvalue weighted by Gasteiger charge is -2.20.